The minimum atomic E-state index is 0.0410. The number of hydrogen-bond donors (Lipinski definition) is 1. The topological polar surface area (TPSA) is 32.3 Å². The second-order valence-electron chi connectivity index (χ2n) is 6.82. The van der Waals surface area contributed by atoms with E-state index >= 15 is 0 Å². The van der Waals surface area contributed by atoms with Gasteiger partial charge in [0.15, 0.2) is 0 Å². The number of benzene rings is 1. The molecule has 22 heavy (non-hydrogen) atoms. The number of hydrogen-bond acceptors (Lipinski definition) is 2. The van der Waals surface area contributed by atoms with Gasteiger partial charge in [0, 0.05) is 18.2 Å². The standard InChI is InChI=1S/C19H30N2O/c1-4-5-16(3)20-19(22)18-8-6-17(7-9-18)14-21-12-10-15(2)11-13-21/h6-9,15-16H,4-5,10-14H2,1-3H3,(H,20,22). The predicted octanol–water partition coefficient (Wildman–Crippen LogP) is 3.84. The molecule has 0 spiro atoms. The van der Waals surface area contributed by atoms with Crippen LogP contribution in [0, 0.1) is 5.92 Å². The molecule has 1 aliphatic rings. The molecule has 1 fully saturated rings. The number of carbonyl (C=O) groups excluding carboxylic acids is 1. The van der Waals surface area contributed by atoms with Gasteiger partial charge in [0.25, 0.3) is 5.91 Å². The van der Waals surface area contributed by atoms with Gasteiger partial charge in [0.1, 0.15) is 0 Å². The Balaban J connectivity index is 1.85. The fraction of sp³-hybridized carbons (Fsp3) is 0.632. The van der Waals surface area contributed by atoms with Gasteiger partial charge in [0.2, 0.25) is 0 Å². The molecule has 1 unspecified atom stereocenters. The van der Waals surface area contributed by atoms with Crippen LogP contribution in [0.15, 0.2) is 24.3 Å². The Labute approximate surface area is 135 Å². The van der Waals surface area contributed by atoms with Crippen molar-refractivity contribution >= 4 is 5.91 Å². The zero-order valence-corrected chi connectivity index (χ0v) is 14.3. The van der Waals surface area contributed by atoms with Crippen molar-refractivity contribution in [1.82, 2.24) is 10.2 Å². The second-order valence-corrected chi connectivity index (χ2v) is 6.82. The molecule has 0 saturated carbocycles. The van der Waals surface area contributed by atoms with E-state index in [1.807, 2.05) is 12.1 Å². The van der Waals surface area contributed by atoms with Gasteiger partial charge in [-0.3, -0.25) is 9.69 Å². The molecule has 0 radical (unpaired) electrons. The quantitative estimate of drug-likeness (QED) is 0.866. The van der Waals surface area contributed by atoms with Gasteiger partial charge < -0.3 is 5.32 Å². The van der Waals surface area contributed by atoms with E-state index in [1.165, 1.54) is 31.5 Å². The molecule has 2 rings (SSSR count). The number of amides is 1. The fourth-order valence-electron chi connectivity index (χ4n) is 3.05. The van der Waals surface area contributed by atoms with E-state index in [0.29, 0.717) is 0 Å². The van der Waals surface area contributed by atoms with Crippen LogP contribution in [-0.2, 0) is 6.54 Å². The molecule has 1 heterocycles. The van der Waals surface area contributed by atoms with E-state index in [-0.39, 0.29) is 11.9 Å². The van der Waals surface area contributed by atoms with Crippen LogP contribution in [0.4, 0.5) is 0 Å². The van der Waals surface area contributed by atoms with E-state index in [9.17, 15) is 4.79 Å². The summed E-state index contributed by atoms with van der Waals surface area (Å²) in [6, 6.07) is 8.34. The molecule has 1 atom stereocenters. The highest BCUT2D eigenvalue weighted by Gasteiger charge is 2.16. The van der Waals surface area contributed by atoms with Crippen molar-refractivity contribution in [3.63, 3.8) is 0 Å². The summed E-state index contributed by atoms with van der Waals surface area (Å²) >= 11 is 0. The minimum Gasteiger partial charge on any atom is -0.350 e. The fourth-order valence-corrected chi connectivity index (χ4v) is 3.05. The largest absolute Gasteiger partial charge is 0.350 e. The maximum atomic E-state index is 12.1. The first kappa shape index (κ1) is 17.0. The highest BCUT2D eigenvalue weighted by atomic mass is 16.1. The van der Waals surface area contributed by atoms with Crippen LogP contribution in [-0.4, -0.2) is 29.9 Å². The normalized spacial score (nSPS) is 18.1. The Kier molecular flexibility index (Phi) is 6.44. The van der Waals surface area contributed by atoms with Gasteiger partial charge >= 0.3 is 0 Å². The SMILES string of the molecule is CCCC(C)NC(=O)c1ccc(CN2CCC(C)CC2)cc1. The van der Waals surface area contributed by atoms with Crippen molar-refractivity contribution in [2.24, 2.45) is 5.92 Å². The van der Waals surface area contributed by atoms with Crippen LogP contribution in [0.3, 0.4) is 0 Å². The van der Waals surface area contributed by atoms with Crippen LogP contribution >= 0.6 is 0 Å². The van der Waals surface area contributed by atoms with E-state index in [0.717, 1.165) is 30.9 Å². The van der Waals surface area contributed by atoms with E-state index in [2.05, 4.69) is 43.1 Å². The number of likely N-dealkylation sites (tertiary alicyclic amines) is 1. The lowest BCUT2D eigenvalue weighted by atomic mass is 9.99. The maximum Gasteiger partial charge on any atom is 0.251 e. The van der Waals surface area contributed by atoms with Crippen molar-refractivity contribution in [2.45, 2.75) is 59.0 Å². The van der Waals surface area contributed by atoms with Gasteiger partial charge in [-0.2, -0.15) is 0 Å². The van der Waals surface area contributed by atoms with Crippen LogP contribution in [0.5, 0.6) is 0 Å². The lowest BCUT2D eigenvalue weighted by Gasteiger charge is -2.30. The molecule has 1 aromatic carbocycles. The van der Waals surface area contributed by atoms with Crippen molar-refractivity contribution < 1.29 is 4.79 Å². The van der Waals surface area contributed by atoms with Crippen molar-refractivity contribution in [3.8, 4) is 0 Å². The Morgan fingerprint density at radius 3 is 2.50 bits per heavy atom. The van der Waals surface area contributed by atoms with Gasteiger partial charge in [-0.1, -0.05) is 32.4 Å². The highest BCUT2D eigenvalue weighted by Crippen LogP contribution is 2.18. The molecular formula is C19H30N2O. The smallest absolute Gasteiger partial charge is 0.251 e. The molecule has 0 bridgehead atoms. The molecule has 1 saturated heterocycles. The third kappa shape index (κ3) is 5.13. The Hall–Kier alpha value is -1.35. The van der Waals surface area contributed by atoms with Crippen LogP contribution in [0.25, 0.3) is 0 Å². The lowest BCUT2D eigenvalue weighted by Crippen LogP contribution is -2.33. The van der Waals surface area contributed by atoms with Crippen molar-refractivity contribution in [1.29, 1.82) is 0 Å². The molecule has 1 amide bonds. The minimum absolute atomic E-state index is 0.0410. The zero-order chi connectivity index (χ0) is 15.9. The van der Waals surface area contributed by atoms with Gasteiger partial charge in [-0.25, -0.2) is 0 Å². The summed E-state index contributed by atoms with van der Waals surface area (Å²) in [5, 5.41) is 3.05. The average molecular weight is 302 g/mol. The maximum absolute atomic E-state index is 12.1. The molecular weight excluding hydrogens is 272 g/mol. The molecule has 1 aromatic rings. The molecule has 3 nitrogen and oxygen atoms in total. The predicted molar refractivity (Wildman–Crippen MR) is 92.0 cm³/mol. The first-order valence-corrected chi connectivity index (χ1v) is 8.70. The van der Waals surface area contributed by atoms with Crippen LogP contribution in [0.1, 0.15) is 62.4 Å². The summed E-state index contributed by atoms with van der Waals surface area (Å²) in [7, 11) is 0. The molecule has 1 N–H and O–H groups in total. The first-order chi connectivity index (χ1) is 10.6. The molecule has 122 valence electrons. The molecule has 0 aliphatic carbocycles. The van der Waals surface area contributed by atoms with Crippen LogP contribution < -0.4 is 5.32 Å². The second kappa shape index (κ2) is 8.33. The highest BCUT2D eigenvalue weighted by molar-refractivity contribution is 5.94. The van der Waals surface area contributed by atoms with Gasteiger partial charge in [0.05, 0.1) is 0 Å². The molecule has 0 aromatic heterocycles. The monoisotopic (exact) mass is 302 g/mol. The van der Waals surface area contributed by atoms with Crippen molar-refractivity contribution in [3.05, 3.63) is 35.4 Å². The Morgan fingerprint density at radius 1 is 1.27 bits per heavy atom. The molecule has 1 aliphatic heterocycles. The third-order valence-corrected chi connectivity index (χ3v) is 4.60. The Bertz CT molecular complexity index is 461. The Morgan fingerprint density at radius 2 is 1.91 bits per heavy atom. The van der Waals surface area contributed by atoms with E-state index < -0.39 is 0 Å². The number of piperidine rings is 1. The van der Waals surface area contributed by atoms with Gasteiger partial charge in [-0.05, 0) is 62.9 Å². The summed E-state index contributed by atoms with van der Waals surface area (Å²) in [5.41, 5.74) is 2.06. The number of nitrogens with zero attached hydrogens (tertiary/aromatic N) is 1. The average Bonchev–Trinajstić information content (AvgIpc) is 2.50. The number of rotatable bonds is 6. The van der Waals surface area contributed by atoms with E-state index in [4.69, 9.17) is 0 Å². The van der Waals surface area contributed by atoms with E-state index in [1.54, 1.807) is 0 Å². The third-order valence-electron chi connectivity index (χ3n) is 4.60. The summed E-state index contributed by atoms with van der Waals surface area (Å²) in [4.78, 5) is 14.7. The number of nitrogens with one attached hydrogen (secondary N) is 1. The zero-order valence-electron chi connectivity index (χ0n) is 14.3. The lowest BCUT2D eigenvalue weighted by molar-refractivity contribution is 0.0938. The van der Waals surface area contributed by atoms with Gasteiger partial charge in [-0.15, -0.1) is 0 Å². The summed E-state index contributed by atoms with van der Waals surface area (Å²) < 4.78 is 0. The van der Waals surface area contributed by atoms with Crippen molar-refractivity contribution in [2.75, 3.05) is 13.1 Å². The summed E-state index contributed by atoms with van der Waals surface area (Å²) in [5.74, 6) is 0.909. The molecule has 3 heteroatoms. The summed E-state index contributed by atoms with van der Waals surface area (Å²) in [6.45, 7) is 9.92. The summed E-state index contributed by atoms with van der Waals surface area (Å²) in [6.07, 6.45) is 4.72. The van der Waals surface area contributed by atoms with Crippen LogP contribution in [0.2, 0.25) is 0 Å². The first-order valence-electron chi connectivity index (χ1n) is 8.70. The number of carbonyl (C=O) groups is 1.